The molecule has 2 N–H and O–H groups in total. The number of hydrogen-bond acceptors (Lipinski definition) is 9. The average Bonchev–Trinajstić information content (AvgIpc) is 3.40. The van der Waals surface area contributed by atoms with Crippen LogP contribution in [0.4, 0.5) is 5.13 Å². The highest BCUT2D eigenvalue weighted by molar-refractivity contribution is 8.00. The number of anilines is 1. The van der Waals surface area contributed by atoms with Crippen molar-refractivity contribution >= 4 is 40.0 Å². The Bertz CT molecular complexity index is 1070. The van der Waals surface area contributed by atoms with Crippen LogP contribution in [-0.2, 0) is 24.7 Å². The fraction of sp³-hybridized carbons (Fsp3) is 0.400. The largest absolute Gasteiger partial charge is 0.497 e. The van der Waals surface area contributed by atoms with Gasteiger partial charge < -0.3 is 14.6 Å². The zero-order valence-electron chi connectivity index (χ0n) is 18.3. The van der Waals surface area contributed by atoms with Gasteiger partial charge in [-0.25, -0.2) is 0 Å². The molecule has 2 heterocycles. The summed E-state index contributed by atoms with van der Waals surface area (Å²) in [6, 6.07) is 6.91. The van der Waals surface area contributed by atoms with Crippen LogP contribution in [-0.4, -0.2) is 55.7 Å². The molecule has 1 atom stereocenters. The van der Waals surface area contributed by atoms with Crippen molar-refractivity contribution in [3.8, 4) is 5.75 Å². The van der Waals surface area contributed by atoms with E-state index in [-0.39, 0.29) is 11.8 Å². The standard InChI is InChI=1S/C20H25N7O3S2/c1-5-16-24-25-19(32-16)22-17(28)12(2)31-20-26-23-15(27(20)3)10-11-21-18(29)13-6-8-14(30-4)9-7-13/h6-9,12H,5,10-11H2,1-4H3,(H,21,29)(H,22,25,28)/t12-/m0/s1. The maximum Gasteiger partial charge on any atom is 0.251 e. The number of rotatable bonds is 10. The number of hydrogen-bond donors (Lipinski definition) is 2. The molecule has 0 fully saturated rings. The van der Waals surface area contributed by atoms with E-state index in [0.717, 1.165) is 11.4 Å². The van der Waals surface area contributed by atoms with E-state index in [1.807, 2.05) is 18.5 Å². The second-order valence-corrected chi connectivity index (χ2v) is 9.17. The van der Waals surface area contributed by atoms with E-state index < -0.39 is 5.25 Å². The van der Waals surface area contributed by atoms with Crippen LogP contribution in [0.3, 0.4) is 0 Å². The van der Waals surface area contributed by atoms with Gasteiger partial charge in [-0.3, -0.25) is 14.9 Å². The van der Waals surface area contributed by atoms with Gasteiger partial charge in [0, 0.05) is 25.6 Å². The van der Waals surface area contributed by atoms with Crippen LogP contribution in [0.1, 0.15) is 35.0 Å². The van der Waals surface area contributed by atoms with E-state index in [2.05, 4.69) is 31.0 Å². The van der Waals surface area contributed by atoms with Crippen LogP contribution in [0.25, 0.3) is 0 Å². The molecule has 0 bridgehead atoms. The van der Waals surface area contributed by atoms with Gasteiger partial charge in [-0.05, 0) is 37.6 Å². The quantitative estimate of drug-likeness (QED) is 0.428. The molecule has 0 unspecified atom stereocenters. The number of nitrogens with zero attached hydrogens (tertiary/aromatic N) is 5. The minimum absolute atomic E-state index is 0.169. The van der Waals surface area contributed by atoms with E-state index in [1.54, 1.807) is 38.3 Å². The summed E-state index contributed by atoms with van der Waals surface area (Å²) in [7, 11) is 3.42. The second-order valence-electron chi connectivity index (χ2n) is 6.80. The van der Waals surface area contributed by atoms with Crippen molar-refractivity contribution in [3.05, 3.63) is 40.7 Å². The third-order valence-corrected chi connectivity index (χ3v) is 6.68. The highest BCUT2D eigenvalue weighted by atomic mass is 32.2. The van der Waals surface area contributed by atoms with Crippen molar-refractivity contribution < 1.29 is 14.3 Å². The van der Waals surface area contributed by atoms with Crippen LogP contribution in [0.15, 0.2) is 29.4 Å². The normalized spacial score (nSPS) is 11.8. The molecule has 1 aromatic carbocycles. The van der Waals surface area contributed by atoms with Crippen LogP contribution in [0.2, 0.25) is 0 Å². The minimum atomic E-state index is -0.394. The van der Waals surface area contributed by atoms with Gasteiger partial charge >= 0.3 is 0 Å². The van der Waals surface area contributed by atoms with E-state index in [9.17, 15) is 9.59 Å². The van der Waals surface area contributed by atoms with Crippen molar-refractivity contribution in [2.75, 3.05) is 19.0 Å². The van der Waals surface area contributed by atoms with E-state index in [1.165, 1.54) is 23.1 Å². The lowest BCUT2D eigenvalue weighted by molar-refractivity contribution is -0.115. The molecule has 3 rings (SSSR count). The highest BCUT2D eigenvalue weighted by Gasteiger charge is 2.20. The maximum atomic E-state index is 12.4. The van der Waals surface area contributed by atoms with Gasteiger partial charge in [0.05, 0.1) is 12.4 Å². The molecule has 0 saturated carbocycles. The van der Waals surface area contributed by atoms with Gasteiger partial charge in [0.1, 0.15) is 16.6 Å². The van der Waals surface area contributed by atoms with Gasteiger partial charge in [-0.15, -0.1) is 20.4 Å². The van der Waals surface area contributed by atoms with Crippen LogP contribution >= 0.6 is 23.1 Å². The number of methoxy groups -OCH3 is 1. The summed E-state index contributed by atoms with van der Waals surface area (Å²) in [6.45, 7) is 4.19. The van der Waals surface area contributed by atoms with Crippen molar-refractivity contribution in [1.82, 2.24) is 30.3 Å². The summed E-state index contributed by atoms with van der Waals surface area (Å²) in [5.41, 5.74) is 0.557. The predicted octanol–water partition coefficient (Wildman–Crippen LogP) is 2.33. The number of aromatic nitrogens is 5. The molecule has 32 heavy (non-hydrogen) atoms. The molecule has 2 aromatic heterocycles. The molecule has 170 valence electrons. The van der Waals surface area contributed by atoms with Gasteiger partial charge in [0.15, 0.2) is 5.16 Å². The first-order chi connectivity index (χ1) is 15.4. The molecule has 0 aliphatic heterocycles. The number of aryl methyl sites for hydroxylation is 1. The first kappa shape index (κ1) is 23.7. The van der Waals surface area contributed by atoms with E-state index in [4.69, 9.17) is 4.74 Å². The summed E-state index contributed by atoms with van der Waals surface area (Å²) in [5.74, 6) is 1.07. The maximum absolute atomic E-state index is 12.4. The summed E-state index contributed by atoms with van der Waals surface area (Å²) in [5, 5.41) is 23.6. The molecule has 0 aliphatic carbocycles. The number of benzene rings is 1. The Morgan fingerprint density at radius 1 is 1.19 bits per heavy atom. The summed E-state index contributed by atoms with van der Waals surface area (Å²) in [6.07, 6.45) is 1.29. The van der Waals surface area contributed by atoms with E-state index >= 15 is 0 Å². The number of carbonyl (C=O) groups is 2. The van der Waals surface area contributed by atoms with Gasteiger partial charge in [-0.2, -0.15) is 0 Å². The molecule has 10 nitrogen and oxygen atoms in total. The number of carbonyl (C=O) groups excluding carboxylic acids is 2. The third kappa shape index (κ3) is 6.04. The Balaban J connectivity index is 1.49. The zero-order chi connectivity index (χ0) is 23.1. The summed E-state index contributed by atoms with van der Waals surface area (Å²) in [4.78, 5) is 24.7. The lowest BCUT2D eigenvalue weighted by Gasteiger charge is -2.10. The summed E-state index contributed by atoms with van der Waals surface area (Å²) < 4.78 is 6.93. The highest BCUT2D eigenvalue weighted by Crippen LogP contribution is 2.23. The van der Waals surface area contributed by atoms with Crippen molar-refractivity contribution in [3.63, 3.8) is 0 Å². The SMILES string of the molecule is CCc1nnc(NC(=O)[C@H](C)Sc2nnc(CCNC(=O)c3ccc(OC)cc3)n2C)s1. The number of nitrogens with one attached hydrogen (secondary N) is 2. The Morgan fingerprint density at radius 2 is 1.94 bits per heavy atom. The van der Waals surface area contributed by atoms with Crippen LogP contribution in [0, 0.1) is 0 Å². The molecule has 3 aromatic rings. The molecular weight excluding hydrogens is 450 g/mol. The molecule has 2 amide bonds. The fourth-order valence-corrected chi connectivity index (χ4v) is 4.18. The lowest BCUT2D eigenvalue weighted by atomic mass is 10.2. The van der Waals surface area contributed by atoms with Gasteiger partial charge in [0.2, 0.25) is 11.0 Å². The molecule has 0 spiro atoms. The Hall–Kier alpha value is -2.99. The topological polar surface area (TPSA) is 124 Å². The minimum Gasteiger partial charge on any atom is -0.497 e. The first-order valence-corrected chi connectivity index (χ1v) is 11.7. The Labute approximate surface area is 194 Å². The third-order valence-electron chi connectivity index (χ3n) is 4.56. The predicted molar refractivity (Wildman–Crippen MR) is 123 cm³/mol. The monoisotopic (exact) mass is 475 g/mol. The van der Waals surface area contributed by atoms with Crippen molar-refractivity contribution in [2.24, 2.45) is 7.05 Å². The summed E-state index contributed by atoms with van der Waals surface area (Å²) >= 11 is 2.67. The van der Waals surface area contributed by atoms with Crippen LogP contribution < -0.4 is 15.4 Å². The molecule has 12 heteroatoms. The lowest BCUT2D eigenvalue weighted by Crippen LogP contribution is -2.26. The number of thioether (sulfide) groups is 1. The fourth-order valence-electron chi connectivity index (χ4n) is 2.66. The average molecular weight is 476 g/mol. The number of amides is 2. The zero-order valence-corrected chi connectivity index (χ0v) is 19.9. The molecule has 0 radical (unpaired) electrons. The number of ether oxygens (including phenoxy) is 1. The Kier molecular flexibility index (Phi) is 8.17. The van der Waals surface area contributed by atoms with Gasteiger partial charge in [0.25, 0.3) is 5.91 Å². The van der Waals surface area contributed by atoms with Crippen molar-refractivity contribution in [2.45, 2.75) is 37.1 Å². The smallest absolute Gasteiger partial charge is 0.251 e. The first-order valence-electron chi connectivity index (χ1n) is 10.0. The molecule has 0 aliphatic rings. The van der Waals surface area contributed by atoms with Crippen LogP contribution in [0.5, 0.6) is 5.75 Å². The van der Waals surface area contributed by atoms with Gasteiger partial charge in [-0.1, -0.05) is 30.0 Å². The molecule has 0 saturated heterocycles. The molecular formula is C20H25N7O3S2. The van der Waals surface area contributed by atoms with E-state index in [0.29, 0.717) is 40.4 Å². The second kappa shape index (κ2) is 11.0. The Morgan fingerprint density at radius 3 is 2.59 bits per heavy atom. The van der Waals surface area contributed by atoms with Crippen molar-refractivity contribution in [1.29, 1.82) is 0 Å².